The zero-order chi connectivity index (χ0) is 26.2. The van der Waals surface area contributed by atoms with Gasteiger partial charge in [0.2, 0.25) is 0 Å². The number of rotatable bonds is 8. The van der Waals surface area contributed by atoms with Crippen molar-refractivity contribution in [2.24, 2.45) is 5.92 Å². The first-order valence-corrected chi connectivity index (χ1v) is 14.0. The highest BCUT2D eigenvalue weighted by Gasteiger charge is 2.29. The minimum Gasteiger partial charge on any atom is -0.464 e. The zero-order valence-corrected chi connectivity index (χ0v) is 22.3. The van der Waals surface area contributed by atoms with Gasteiger partial charge in [-0.15, -0.1) is 0 Å². The van der Waals surface area contributed by atoms with Crippen LogP contribution >= 0.6 is 11.3 Å². The molecule has 4 heterocycles. The molecule has 0 unspecified atom stereocenters. The summed E-state index contributed by atoms with van der Waals surface area (Å²) in [7, 11) is 1.78. The third-order valence-electron chi connectivity index (χ3n) is 7.71. The van der Waals surface area contributed by atoms with Gasteiger partial charge in [0.25, 0.3) is 22.9 Å². The normalized spacial score (nSPS) is 22.5. The summed E-state index contributed by atoms with van der Waals surface area (Å²) in [5.74, 6) is -2.37. The van der Waals surface area contributed by atoms with Gasteiger partial charge < -0.3 is 19.5 Å². The van der Waals surface area contributed by atoms with Crippen molar-refractivity contribution >= 4 is 23.2 Å². The standard InChI is InChI=1S/C26H35F2N5O3S/c1-26(27,28)16-36-25-30-19-15-32(12-10-22(19)37-25)11-9-17-3-5-18(6-4-17)29-23(34)20-7-8-21-24(35)31(2)13-14-33(20)21/h7-8,17-18H,3-6,9-16H2,1-2H3,(H,29,34). The lowest BCUT2D eigenvalue weighted by Crippen LogP contribution is -2.41. The van der Waals surface area contributed by atoms with E-state index in [1.54, 1.807) is 24.1 Å². The Kier molecular flexibility index (Phi) is 7.53. The molecule has 1 saturated carbocycles. The molecule has 2 aromatic heterocycles. The van der Waals surface area contributed by atoms with Crippen LogP contribution in [-0.2, 0) is 19.5 Å². The molecule has 1 aliphatic carbocycles. The Labute approximate surface area is 220 Å². The second-order valence-corrected chi connectivity index (χ2v) is 11.7. The van der Waals surface area contributed by atoms with Crippen LogP contribution in [0, 0.1) is 5.92 Å². The van der Waals surface area contributed by atoms with E-state index < -0.39 is 12.5 Å². The van der Waals surface area contributed by atoms with E-state index in [0.29, 0.717) is 35.6 Å². The van der Waals surface area contributed by atoms with E-state index in [1.807, 2.05) is 4.57 Å². The lowest BCUT2D eigenvalue weighted by atomic mass is 9.84. The Morgan fingerprint density at radius 3 is 2.76 bits per heavy atom. The summed E-state index contributed by atoms with van der Waals surface area (Å²) in [5, 5.41) is 3.54. The third kappa shape index (κ3) is 6.14. The Bertz CT molecular complexity index is 1140. The number of hydrogen-bond acceptors (Lipinski definition) is 6. The van der Waals surface area contributed by atoms with E-state index in [4.69, 9.17) is 4.74 Å². The summed E-state index contributed by atoms with van der Waals surface area (Å²) in [6.45, 7) is 4.13. The molecule has 11 heteroatoms. The molecule has 0 atom stereocenters. The van der Waals surface area contributed by atoms with E-state index in [9.17, 15) is 18.4 Å². The molecule has 8 nitrogen and oxygen atoms in total. The molecule has 37 heavy (non-hydrogen) atoms. The topological polar surface area (TPSA) is 79.7 Å². The van der Waals surface area contributed by atoms with Gasteiger partial charge in [-0.2, -0.15) is 0 Å². The predicted molar refractivity (Wildman–Crippen MR) is 136 cm³/mol. The number of hydrogen-bond donors (Lipinski definition) is 1. The quantitative estimate of drug-likeness (QED) is 0.556. The maximum absolute atomic E-state index is 13.1. The van der Waals surface area contributed by atoms with Crippen molar-refractivity contribution < 1.29 is 23.1 Å². The molecule has 202 valence electrons. The van der Waals surface area contributed by atoms with Gasteiger partial charge in [-0.1, -0.05) is 11.3 Å². The molecule has 2 aromatic rings. The molecule has 1 fully saturated rings. The maximum Gasteiger partial charge on any atom is 0.278 e. The predicted octanol–water partition coefficient (Wildman–Crippen LogP) is 3.80. The Morgan fingerprint density at radius 2 is 2.00 bits per heavy atom. The molecule has 2 aliphatic heterocycles. The fourth-order valence-corrected chi connectivity index (χ4v) is 6.44. The maximum atomic E-state index is 13.1. The fraction of sp³-hybridized carbons (Fsp3) is 0.654. The fourth-order valence-electron chi connectivity index (χ4n) is 5.53. The van der Waals surface area contributed by atoms with Crippen molar-refractivity contribution in [3.63, 3.8) is 0 Å². The number of carbonyl (C=O) groups excluding carboxylic acids is 2. The third-order valence-corrected chi connectivity index (χ3v) is 8.78. The molecule has 0 spiro atoms. The molecule has 0 radical (unpaired) electrons. The summed E-state index contributed by atoms with van der Waals surface area (Å²) in [6, 6.07) is 3.67. The minimum atomic E-state index is -2.86. The van der Waals surface area contributed by atoms with Gasteiger partial charge in [-0.3, -0.25) is 14.5 Å². The average Bonchev–Trinajstić information content (AvgIpc) is 3.48. The molecule has 0 bridgehead atoms. The first-order valence-electron chi connectivity index (χ1n) is 13.1. The van der Waals surface area contributed by atoms with Crippen molar-refractivity contribution in [2.45, 2.75) is 70.5 Å². The number of aromatic nitrogens is 2. The van der Waals surface area contributed by atoms with Gasteiger partial charge in [0, 0.05) is 51.1 Å². The molecule has 0 saturated heterocycles. The van der Waals surface area contributed by atoms with E-state index >= 15 is 0 Å². The monoisotopic (exact) mass is 535 g/mol. The van der Waals surface area contributed by atoms with Gasteiger partial charge >= 0.3 is 0 Å². The van der Waals surface area contributed by atoms with Crippen molar-refractivity contribution in [3.8, 4) is 5.19 Å². The summed E-state index contributed by atoms with van der Waals surface area (Å²) >= 11 is 1.39. The molecule has 1 N–H and O–H groups in total. The van der Waals surface area contributed by atoms with Gasteiger partial charge in [-0.05, 0) is 63.1 Å². The number of amides is 2. The van der Waals surface area contributed by atoms with Gasteiger partial charge in [0.05, 0.1) is 5.69 Å². The van der Waals surface area contributed by atoms with Crippen LogP contribution in [0.1, 0.15) is 70.6 Å². The van der Waals surface area contributed by atoms with Gasteiger partial charge in [0.15, 0.2) is 6.61 Å². The highest BCUT2D eigenvalue weighted by atomic mass is 32.1. The lowest BCUT2D eigenvalue weighted by molar-refractivity contribution is -0.0230. The van der Waals surface area contributed by atoms with Crippen molar-refractivity contribution in [3.05, 3.63) is 34.1 Å². The summed E-state index contributed by atoms with van der Waals surface area (Å²) in [4.78, 5) is 34.9. The summed E-state index contributed by atoms with van der Waals surface area (Å²) in [6.07, 6.45) is 6.07. The van der Waals surface area contributed by atoms with E-state index in [-0.39, 0.29) is 17.9 Å². The van der Waals surface area contributed by atoms with E-state index in [2.05, 4.69) is 15.2 Å². The van der Waals surface area contributed by atoms with Crippen molar-refractivity contribution in [2.75, 3.05) is 33.3 Å². The van der Waals surface area contributed by atoms with Gasteiger partial charge in [-0.25, -0.2) is 13.8 Å². The number of nitrogens with one attached hydrogen (secondary N) is 1. The molecule has 3 aliphatic rings. The number of likely N-dealkylation sites (N-methyl/N-ethyl adjacent to an activating group) is 1. The van der Waals surface area contributed by atoms with Crippen LogP contribution in [0.2, 0.25) is 0 Å². The first-order chi connectivity index (χ1) is 17.7. The lowest BCUT2D eigenvalue weighted by Gasteiger charge is -2.32. The molecular formula is C26H35F2N5O3S. The second kappa shape index (κ2) is 10.7. The van der Waals surface area contributed by atoms with Gasteiger partial charge in [0.1, 0.15) is 11.4 Å². The molecule has 0 aromatic carbocycles. The SMILES string of the molecule is CN1CCn2c(C(=O)NC3CCC(CCN4CCc5sc(OCC(C)(F)F)nc5C4)CC3)ccc2C1=O. The first kappa shape index (κ1) is 26.1. The van der Waals surface area contributed by atoms with Crippen LogP contribution in [0.4, 0.5) is 8.78 Å². The highest BCUT2D eigenvalue weighted by molar-refractivity contribution is 7.13. The number of ether oxygens (including phenoxy) is 1. The second-order valence-electron chi connectivity index (χ2n) is 10.7. The summed E-state index contributed by atoms with van der Waals surface area (Å²) < 4.78 is 33.2. The molecule has 5 rings (SSSR count). The van der Waals surface area contributed by atoms with Crippen LogP contribution in [0.3, 0.4) is 0 Å². The Balaban J connectivity index is 1.05. The smallest absolute Gasteiger partial charge is 0.278 e. The summed E-state index contributed by atoms with van der Waals surface area (Å²) in [5.41, 5.74) is 2.11. The van der Waals surface area contributed by atoms with Crippen molar-refractivity contribution in [1.82, 2.24) is 24.7 Å². The van der Waals surface area contributed by atoms with Crippen LogP contribution in [0.25, 0.3) is 0 Å². The number of alkyl halides is 2. The van der Waals surface area contributed by atoms with Crippen LogP contribution in [0.5, 0.6) is 5.19 Å². The van der Waals surface area contributed by atoms with Crippen LogP contribution < -0.4 is 10.1 Å². The van der Waals surface area contributed by atoms with Crippen LogP contribution in [-0.4, -0.2) is 76.4 Å². The van der Waals surface area contributed by atoms with Crippen molar-refractivity contribution in [1.29, 1.82) is 0 Å². The highest BCUT2D eigenvalue weighted by Crippen LogP contribution is 2.32. The average molecular weight is 536 g/mol. The number of nitrogens with zero attached hydrogens (tertiary/aromatic N) is 4. The molecule has 2 amide bonds. The number of fused-ring (bicyclic) bond motifs is 2. The Hall–Kier alpha value is -2.53. The minimum absolute atomic E-state index is 0.0413. The number of thiazole rings is 1. The Morgan fingerprint density at radius 1 is 1.22 bits per heavy atom. The van der Waals surface area contributed by atoms with Crippen LogP contribution in [0.15, 0.2) is 12.1 Å². The van der Waals surface area contributed by atoms with E-state index in [0.717, 1.165) is 75.7 Å². The number of carbonyl (C=O) groups is 2. The molecular weight excluding hydrogens is 500 g/mol. The zero-order valence-electron chi connectivity index (χ0n) is 21.5. The van der Waals surface area contributed by atoms with E-state index in [1.165, 1.54) is 11.3 Å². The largest absolute Gasteiger partial charge is 0.464 e. The number of halogens is 2.